The molecule has 0 fully saturated rings. The molecule has 4 rings (SSSR count). The average molecular weight is 319 g/mol. The van der Waals surface area contributed by atoms with Crippen LogP contribution in [0.4, 0.5) is 0 Å². The maximum Gasteiger partial charge on any atom is 0.181 e. The van der Waals surface area contributed by atoms with Gasteiger partial charge in [-0.15, -0.1) is 0 Å². The molecule has 118 valence electrons. The number of nitrogens with zero attached hydrogens (tertiary/aromatic N) is 5. The van der Waals surface area contributed by atoms with Gasteiger partial charge in [-0.05, 0) is 12.1 Å². The van der Waals surface area contributed by atoms with Crippen molar-refractivity contribution >= 4 is 16.7 Å². The topological polar surface area (TPSA) is 86.7 Å². The zero-order valence-electron chi connectivity index (χ0n) is 12.7. The number of rotatable bonds is 5. The number of pyridine rings is 2. The smallest absolute Gasteiger partial charge is 0.181 e. The summed E-state index contributed by atoms with van der Waals surface area (Å²) in [5.41, 5.74) is 2.31. The second kappa shape index (κ2) is 6.04. The van der Waals surface area contributed by atoms with Crippen molar-refractivity contribution in [1.29, 1.82) is 0 Å². The summed E-state index contributed by atoms with van der Waals surface area (Å²) < 4.78 is 7.04. The fourth-order valence-electron chi connectivity index (χ4n) is 2.51. The maximum atomic E-state index is 12.1. The molecule has 0 aliphatic heterocycles. The highest BCUT2D eigenvalue weighted by Gasteiger charge is 2.09. The summed E-state index contributed by atoms with van der Waals surface area (Å²) in [4.78, 5) is 28.7. The van der Waals surface area contributed by atoms with Crippen molar-refractivity contribution in [3.8, 4) is 11.3 Å². The van der Waals surface area contributed by atoms with Crippen molar-refractivity contribution in [1.82, 2.24) is 24.5 Å². The molecule has 0 atom stereocenters. The molecule has 0 spiro atoms. The molecular formula is C17H13N5O2. The fraction of sp³-hybridized carbons (Fsp3) is 0.118. The fourth-order valence-corrected chi connectivity index (χ4v) is 2.51. The average Bonchev–Trinajstić information content (AvgIpc) is 3.27. The van der Waals surface area contributed by atoms with E-state index < -0.39 is 0 Å². The largest absolute Gasteiger partial charge is 0.443 e. The number of Topliss-reactive ketones (excluding diaryl/α,β-unsaturated/α-hetero) is 1. The number of hydrogen-bond donors (Lipinski definition) is 0. The monoisotopic (exact) mass is 319 g/mol. The van der Waals surface area contributed by atoms with Gasteiger partial charge in [-0.2, -0.15) is 0 Å². The Morgan fingerprint density at radius 2 is 2.08 bits per heavy atom. The molecule has 24 heavy (non-hydrogen) atoms. The van der Waals surface area contributed by atoms with Crippen LogP contribution in [-0.2, 0) is 17.8 Å². The number of imidazole rings is 1. The lowest BCUT2D eigenvalue weighted by Crippen LogP contribution is -2.12. The van der Waals surface area contributed by atoms with E-state index in [0.29, 0.717) is 11.5 Å². The maximum absolute atomic E-state index is 12.1. The lowest BCUT2D eigenvalue weighted by Gasteiger charge is -2.04. The summed E-state index contributed by atoms with van der Waals surface area (Å²) in [6.45, 7) is 0.288. The minimum atomic E-state index is 0.0687. The molecule has 0 saturated carbocycles. The van der Waals surface area contributed by atoms with Crippen molar-refractivity contribution in [2.45, 2.75) is 13.0 Å². The van der Waals surface area contributed by atoms with Crippen LogP contribution in [0.25, 0.3) is 22.2 Å². The molecule has 0 aromatic carbocycles. The molecule has 0 radical (unpaired) electrons. The standard InChI is InChI=1S/C17H13N5O2/c23-15(9-22-2-1-18-10-22)5-14-4-12-3-13(17-8-19-11-24-17)6-21-16(12)7-20-14/h1-4,6-8,10-11H,5,9H2. The van der Waals surface area contributed by atoms with Crippen LogP contribution in [0.5, 0.6) is 0 Å². The summed E-state index contributed by atoms with van der Waals surface area (Å²) in [5.74, 6) is 0.721. The van der Waals surface area contributed by atoms with Gasteiger partial charge in [-0.3, -0.25) is 14.8 Å². The van der Waals surface area contributed by atoms with Crippen LogP contribution in [0.2, 0.25) is 0 Å². The van der Waals surface area contributed by atoms with Crippen LogP contribution in [-0.4, -0.2) is 30.3 Å². The third-order valence-electron chi connectivity index (χ3n) is 3.64. The SMILES string of the molecule is O=C(Cc1cc2cc(-c3cnco3)cnc2cn1)Cn1ccnc1. The van der Waals surface area contributed by atoms with Crippen molar-refractivity contribution in [3.63, 3.8) is 0 Å². The van der Waals surface area contributed by atoms with E-state index in [1.807, 2.05) is 12.1 Å². The Hall–Kier alpha value is -3.35. The van der Waals surface area contributed by atoms with Gasteiger partial charge in [0.25, 0.3) is 0 Å². The van der Waals surface area contributed by atoms with Gasteiger partial charge >= 0.3 is 0 Å². The van der Waals surface area contributed by atoms with Crippen LogP contribution in [0.15, 0.2) is 60.3 Å². The molecule has 4 aromatic heterocycles. The van der Waals surface area contributed by atoms with Gasteiger partial charge in [-0.25, -0.2) is 9.97 Å². The molecule has 0 bridgehead atoms. The Kier molecular flexibility index (Phi) is 3.59. The number of aromatic nitrogens is 5. The summed E-state index contributed by atoms with van der Waals surface area (Å²) in [6, 6.07) is 3.84. The second-order valence-corrected chi connectivity index (χ2v) is 5.41. The predicted molar refractivity (Wildman–Crippen MR) is 86.0 cm³/mol. The highest BCUT2D eigenvalue weighted by Crippen LogP contribution is 2.22. The molecular weight excluding hydrogens is 306 g/mol. The molecule has 7 heteroatoms. The van der Waals surface area contributed by atoms with Gasteiger partial charge in [0, 0.05) is 35.2 Å². The Morgan fingerprint density at radius 3 is 2.88 bits per heavy atom. The van der Waals surface area contributed by atoms with Gasteiger partial charge < -0.3 is 8.98 Å². The lowest BCUT2D eigenvalue weighted by atomic mass is 10.1. The molecule has 4 aromatic rings. The highest BCUT2D eigenvalue weighted by atomic mass is 16.3. The summed E-state index contributed by atoms with van der Waals surface area (Å²) in [6.07, 6.45) is 11.7. The second-order valence-electron chi connectivity index (χ2n) is 5.41. The minimum Gasteiger partial charge on any atom is -0.443 e. The Morgan fingerprint density at radius 1 is 1.12 bits per heavy atom. The van der Waals surface area contributed by atoms with Crippen LogP contribution >= 0.6 is 0 Å². The van der Waals surface area contributed by atoms with Gasteiger partial charge in [-0.1, -0.05) is 0 Å². The Labute approximate surface area is 137 Å². The van der Waals surface area contributed by atoms with Crippen LogP contribution in [0, 0.1) is 0 Å². The van der Waals surface area contributed by atoms with Crippen LogP contribution in [0.1, 0.15) is 5.69 Å². The first kappa shape index (κ1) is 14.3. The number of carbonyl (C=O) groups is 1. The molecule has 7 nitrogen and oxygen atoms in total. The summed E-state index contributed by atoms with van der Waals surface area (Å²) in [5, 5.41) is 0.907. The van der Waals surface area contributed by atoms with Crippen LogP contribution in [0.3, 0.4) is 0 Å². The molecule has 0 aliphatic rings. The lowest BCUT2D eigenvalue weighted by molar-refractivity contribution is -0.119. The van der Waals surface area contributed by atoms with E-state index in [9.17, 15) is 4.79 Å². The zero-order chi connectivity index (χ0) is 16.4. The van der Waals surface area contributed by atoms with Gasteiger partial charge in [0.1, 0.15) is 0 Å². The third-order valence-corrected chi connectivity index (χ3v) is 3.64. The number of ketones is 1. The molecule has 0 unspecified atom stereocenters. The first-order chi connectivity index (χ1) is 11.8. The first-order valence-corrected chi connectivity index (χ1v) is 7.39. The van der Waals surface area contributed by atoms with Gasteiger partial charge in [0.15, 0.2) is 17.9 Å². The van der Waals surface area contributed by atoms with Crippen molar-refractivity contribution in [3.05, 3.63) is 61.5 Å². The molecule has 4 heterocycles. The van der Waals surface area contributed by atoms with E-state index in [1.165, 1.54) is 6.39 Å². The van der Waals surface area contributed by atoms with E-state index in [1.54, 1.807) is 41.9 Å². The summed E-state index contributed by atoms with van der Waals surface area (Å²) >= 11 is 0. The predicted octanol–water partition coefficient (Wildman–Crippen LogP) is 2.29. The number of oxazole rings is 1. The van der Waals surface area contributed by atoms with E-state index in [0.717, 1.165) is 16.5 Å². The molecule has 0 amide bonds. The quantitative estimate of drug-likeness (QED) is 0.561. The molecule has 0 N–H and O–H groups in total. The van der Waals surface area contributed by atoms with Gasteiger partial charge in [0.2, 0.25) is 0 Å². The van der Waals surface area contributed by atoms with Crippen LogP contribution < -0.4 is 0 Å². The van der Waals surface area contributed by atoms with Crippen molar-refractivity contribution in [2.24, 2.45) is 0 Å². The molecule has 0 saturated heterocycles. The van der Waals surface area contributed by atoms with Crippen molar-refractivity contribution < 1.29 is 9.21 Å². The minimum absolute atomic E-state index is 0.0687. The highest BCUT2D eigenvalue weighted by molar-refractivity contribution is 5.84. The van der Waals surface area contributed by atoms with E-state index in [-0.39, 0.29) is 18.7 Å². The van der Waals surface area contributed by atoms with Gasteiger partial charge in [0.05, 0.1) is 37.2 Å². The summed E-state index contributed by atoms with van der Waals surface area (Å²) in [7, 11) is 0. The number of carbonyl (C=O) groups excluding carboxylic acids is 1. The number of hydrogen-bond acceptors (Lipinski definition) is 6. The zero-order valence-corrected chi connectivity index (χ0v) is 12.7. The van der Waals surface area contributed by atoms with E-state index >= 15 is 0 Å². The molecule has 0 aliphatic carbocycles. The Bertz CT molecular complexity index is 978. The first-order valence-electron chi connectivity index (χ1n) is 7.39. The third kappa shape index (κ3) is 2.91. The normalized spacial score (nSPS) is 11.0. The van der Waals surface area contributed by atoms with E-state index in [4.69, 9.17) is 4.42 Å². The number of fused-ring (bicyclic) bond motifs is 1. The van der Waals surface area contributed by atoms with Crippen molar-refractivity contribution in [2.75, 3.05) is 0 Å². The van der Waals surface area contributed by atoms with E-state index in [2.05, 4.69) is 19.9 Å². The Balaban J connectivity index is 1.58.